The third-order valence-electron chi connectivity index (χ3n) is 4.52. The maximum atomic E-state index is 6.02. The molecule has 1 aromatic carbocycles. The molecule has 1 unspecified atom stereocenters. The molecule has 0 aliphatic heterocycles. The fourth-order valence-corrected chi connectivity index (χ4v) is 2.74. The summed E-state index contributed by atoms with van der Waals surface area (Å²) in [6.07, 6.45) is 0.832. The van der Waals surface area contributed by atoms with E-state index in [1.54, 1.807) is 7.05 Å². The van der Waals surface area contributed by atoms with E-state index in [1.165, 1.54) is 5.56 Å². The monoisotopic (exact) mass is 417 g/mol. The van der Waals surface area contributed by atoms with Gasteiger partial charge in [0.2, 0.25) is 5.89 Å². The number of aryl methyl sites for hydroxylation is 1. The van der Waals surface area contributed by atoms with Crippen molar-refractivity contribution in [2.24, 2.45) is 10.9 Å². The van der Waals surface area contributed by atoms with Crippen molar-refractivity contribution in [3.8, 4) is 5.75 Å². The van der Waals surface area contributed by atoms with Gasteiger partial charge in [-0.25, -0.2) is 0 Å². The molecule has 1 heterocycles. The van der Waals surface area contributed by atoms with Crippen LogP contribution in [0.25, 0.3) is 0 Å². The van der Waals surface area contributed by atoms with Crippen LogP contribution in [0.15, 0.2) is 27.7 Å². The van der Waals surface area contributed by atoms with Crippen LogP contribution in [0.2, 0.25) is 0 Å². The number of aromatic nitrogens is 2. The summed E-state index contributed by atoms with van der Waals surface area (Å²) in [6.45, 7) is 12.6. The van der Waals surface area contributed by atoms with Crippen LogP contribution in [0.5, 0.6) is 5.75 Å². The Bertz CT molecular complexity index is 804. The summed E-state index contributed by atoms with van der Waals surface area (Å²) in [5.74, 6) is 3.18. The lowest BCUT2D eigenvalue weighted by atomic mass is 10.1. The van der Waals surface area contributed by atoms with Crippen LogP contribution in [-0.2, 0) is 17.8 Å². The van der Waals surface area contributed by atoms with Gasteiger partial charge in [0.25, 0.3) is 0 Å². The van der Waals surface area contributed by atoms with Gasteiger partial charge in [0.1, 0.15) is 11.9 Å². The van der Waals surface area contributed by atoms with E-state index < -0.39 is 0 Å². The van der Waals surface area contributed by atoms with Gasteiger partial charge < -0.3 is 24.6 Å². The minimum Gasteiger partial charge on any atom is -0.493 e. The average Bonchev–Trinajstić information content (AvgIpc) is 3.18. The molecule has 30 heavy (non-hydrogen) atoms. The van der Waals surface area contributed by atoms with Crippen LogP contribution >= 0.6 is 0 Å². The van der Waals surface area contributed by atoms with E-state index in [-0.39, 0.29) is 6.10 Å². The van der Waals surface area contributed by atoms with Gasteiger partial charge in [0.15, 0.2) is 11.8 Å². The molecule has 2 N–H and O–H groups in total. The van der Waals surface area contributed by atoms with Crippen molar-refractivity contribution in [2.75, 3.05) is 20.3 Å². The Morgan fingerprint density at radius 2 is 1.97 bits per heavy atom. The minimum atomic E-state index is -0.194. The largest absolute Gasteiger partial charge is 0.493 e. The number of hydrogen-bond donors (Lipinski definition) is 2. The smallest absolute Gasteiger partial charge is 0.246 e. The summed E-state index contributed by atoms with van der Waals surface area (Å²) in [7, 11) is 1.72. The number of ether oxygens (including phenoxy) is 2. The molecule has 0 radical (unpaired) electrons. The molecule has 1 atom stereocenters. The lowest BCUT2D eigenvalue weighted by Gasteiger charge is -2.15. The van der Waals surface area contributed by atoms with Crippen LogP contribution in [0.3, 0.4) is 0 Å². The second-order valence-corrected chi connectivity index (χ2v) is 7.57. The van der Waals surface area contributed by atoms with E-state index in [0.29, 0.717) is 49.9 Å². The molecule has 166 valence electrons. The Kier molecular flexibility index (Phi) is 9.60. The summed E-state index contributed by atoms with van der Waals surface area (Å²) in [5.41, 5.74) is 2.26. The molecule has 8 heteroatoms. The molecule has 0 fully saturated rings. The summed E-state index contributed by atoms with van der Waals surface area (Å²) < 4.78 is 16.8. The SMILES string of the molecule is CCOC(C)c1noc(CNC(=NC)NCc2ccc(C)cc2OCCC(C)C)n1. The molecule has 1 aromatic heterocycles. The second kappa shape index (κ2) is 12.2. The Balaban J connectivity index is 1.90. The van der Waals surface area contributed by atoms with E-state index in [9.17, 15) is 0 Å². The van der Waals surface area contributed by atoms with Crippen LogP contribution in [0.1, 0.15) is 63.1 Å². The first-order chi connectivity index (χ1) is 14.4. The number of rotatable bonds is 11. The third-order valence-corrected chi connectivity index (χ3v) is 4.52. The van der Waals surface area contributed by atoms with Crippen LogP contribution in [0, 0.1) is 12.8 Å². The van der Waals surface area contributed by atoms with E-state index in [1.807, 2.05) is 13.8 Å². The van der Waals surface area contributed by atoms with Gasteiger partial charge in [-0.15, -0.1) is 0 Å². The Labute approximate surface area is 179 Å². The first kappa shape index (κ1) is 23.7. The molecule has 0 aliphatic rings. The zero-order chi connectivity index (χ0) is 21.9. The van der Waals surface area contributed by atoms with Gasteiger partial charge in [-0.1, -0.05) is 31.1 Å². The van der Waals surface area contributed by atoms with Crippen molar-refractivity contribution in [3.63, 3.8) is 0 Å². The highest BCUT2D eigenvalue weighted by Crippen LogP contribution is 2.21. The highest BCUT2D eigenvalue weighted by atomic mass is 16.5. The maximum Gasteiger partial charge on any atom is 0.246 e. The molecule has 0 aliphatic carbocycles. The predicted octanol–water partition coefficient (Wildman–Crippen LogP) is 3.77. The summed E-state index contributed by atoms with van der Waals surface area (Å²) in [4.78, 5) is 8.62. The molecule has 2 aromatic rings. The zero-order valence-electron chi connectivity index (χ0n) is 19.0. The lowest BCUT2D eigenvalue weighted by Crippen LogP contribution is -2.36. The molecule has 0 saturated heterocycles. The van der Waals surface area contributed by atoms with Gasteiger partial charge in [-0.05, 0) is 44.7 Å². The average molecular weight is 418 g/mol. The normalized spacial score (nSPS) is 12.8. The number of benzene rings is 1. The second-order valence-electron chi connectivity index (χ2n) is 7.57. The topological polar surface area (TPSA) is 93.8 Å². The van der Waals surface area contributed by atoms with E-state index in [4.69, 9.17) is 14.0 Å². The molecular formula is C22H35N5O3. The van der Waals surface area contributed by atoms with Crippen LogP contribution in [-0.4, -0.2) is 36.4 Å². The molecule has 8 nitrogen and oxygen atoms in total. The number of nitrogens with zero attached hydrogens (tertiary/aromatic N) is 3. The van der Waals surface area contributed by atoms with Crippen molar-refractivity contribution in [1.82, 2.24) is 20.8 Å². The number of aliphatic imine (C=N–C) groups is 1. The van der Waals surface area contributed by atoms with E-state index >= 15 is 0 Å². The number of hydrogen-bond acceptors (Lipinski definition) is 6. The third kappa shape index (κ3) is 7.67. The first-order valence-electron chi connectivity index (χ1n) is 10.5. The molecule has 2 rings (SSSR count). The van der Waals surface area contributed by atoms with Gasteiger partial charge in [0, 0.05) is 25.8 Å². The number of guanidine groups is 1. The summed E-state index contributed by atoms with van der Waals surface area (Å²) in [6, 6.07) is 6.24. The Hall–Kier alpha value is -2.61. The quantitative estimate of drug-likeness (QED) is 0.425. The van der Waals surface area contributed by atoms with Crippen molar-refractivity contribution in [3.05, 3.63) is 41.0 Å². The number of nitrogens with one attached hydrogen (secondary N) is 2. The highest BCUT2D eigenvalue weighted by Gasteiger charge is 2.14. The van der Waals surface area contributed by atoms with Gasteiger partial charge >= 0.3 is 0 Å². The first-order valence-corrected chi connectivity index (χ1v) is 10.5. The Morgan fingerprint density at radius 3 is 2.67 bits per heavy atom. The predicted molar refractivity (Wildman–Crippen MR) is 118 cm³/mol. The fraction of sp³-hybridized carbons (Fsp3) is 0.591. The van der Waals surface area contributed by atoms with Crippen molar-refractivity contribution >= 4 is 5.96 Å². The molecule has 0 spiro atoms. The van der Waals surface area contributed by atoms with Gasteiger partial charge in [0.05, 0.1) is 13.2 Å². The molecular weight excluding hydrogens is 382 g/mol. The minimum absolute atomic E-state index is 0.194. The van der Waals surface area contributed by atoms with Crippen molar-refractivity contribution in [1.29, 1.82) is 0 Å². The van der Waals surface area contributed by atoms with Crippen molar-refractivity contribution < 1.29 is 14.0 Å². The summed E-state index contributed by atoms with van der Waals surface area (Å²) in [5, 5.41) is 10.5. The lowest BCUT2D eigenvalue weighted by molar-refractivity contribution is 0.0683. The molecule has 0 saturated carbocycles. The van der Waals surface area contributed by atoms with Crippen molar-refractivity contribution in [2.45, 2.75) is 60.2 Å². The highest BCUT2D eigenvalue weighted by molar-refractivity contribution is 5.79. The Morgan fingerprint density at radius 1 is 1.20 bits per heavy atom. The van der Waals surface area contributed by atoms with E-state index in [2.05, 4.69) is 64.7 Å². The van der Waals surface area contributed by atoms with Crippen LogP contribution in [0.4, 0.5) is 0 Å². The van der Waals surface area contributed by atoms with E-state index in [0.717, 1.165) is 17.7 Å². The van der Waals surface area contributed by atoms with Crippen LogP contribution < -0.4 is 15.4 Å². The molecule has 0 bridgehead atoms. The molecule has 0 amide bonds. The van der Waals surface area contributed by atoms with Gasteiger partial charge in [-0.3, -0.25) is 4.99 Å². The fourth-order valence-electron chi connectivity index (χ4n) is 2.74. The maximum absolute atomic E-state index is 6.02. The zero-order valence-corrected chi connectivity index (χ0v) is 19.0. The van der Waals surface area contributed by atoms with Gasteiger partial charge in [-0.2, -0.15) is 4.98 Å². The standard InChI is InChI=1S/C22H35N5O3/c1-7-28-17(5)21-26-20(30-27-21)14-25-22(23-6)24-13-18-9-8-16(4)12-19(18)29-11-10-15(2)3/h8-9,12,15,17H,7,10-11,13-14H2,1-6H3,(H2,23,24,25). The summed E-state index contributed by atoms with van der Waals surface area (Å²) >= 11 is 0.